The molecule has 1 heterocycles. The summed E-state index contributed by atoms with van der Waals surface area (Å²) in [6, 6.07) is 4.09. The molecule has 0 radical (unpaired) electrons. The minimum atomic E-state index is 0.339. The van der Waals surface area contributed by atoms with E-state index in [-0.39, 0.29) is 0 Å². The summed E-state index contributed by atoms with van der Waals surface area (Å²) in [5.41, 5.74) is 1.21. The lowest BCUT2D eigenvalue weighted by molar-refractivity contribution is 0.0967. The first-order valence-electron chi connectivity index (χ1n) is 7.49. The minimum Gasteiger partial charge on any atom is -0.474 e. The van der Waals surface area contributed by atoms with E-state index in [1.54, 1.807) is 0 Å². The van der Waals surface area contributed by atoms with Crippen molar-refractivity contribution < 1.29 is 4.74 Å². The number of rotatable bonds is 5. The molecule has 106 valence electrons. The first-order valence-corrected chi connectivity index (χ1v) is 7.49. The average Bonchev–Trinajstić information content (AvgIpc) is 2.37. The Labute approximate surface area is 116 Å². The Morgan fingerprint density at radius 3 is 2.53 bits per heavy atom. The van der Waals surface area contributed by atoms with Gasteiger partial charge in [0.25, 0.3) is 0 Å². The zero-order valence-electron chi connectivity index (χ0n) is 12.4. The molecule has 0 spiro atoms. The molecule has 3 heteroatoms. The molecule has 2 unspecified atom stereocenters. The zero-order chi connectivity index (χ0) is 13.7. The highest BCUT2D eigenvalue weighted by Gasteiger charge is 2.25. The zero-order valence-corrected chi connectivity index (χ0v) is 12.4. The lowest BCUT2D eigenvalue weighted by Crippen LogP contribution is -2.28. The van der Waals surface area contributed by atoms with Gasteiger partial charge in [0.15, 0.2) is 0 Å². The molecular weight excluding hydrogens is 236 g/mol. The molecule has 1 aromatic rings. The summed E-state index contributed by atoms with van der Waals surface area (Å²) in [5.74, 6) is 2.30. The van der Waals surface area contributed by atoms with Crippen LogP contribution >= 0.6 is 0 Å². The fraction of sp³-hybridized carbons (Fsp3) is 0.688. The lowest BCUT2D eigenvalue weighted by Gasteiger charge is -2.31. The maximum atomic E-state index is 6.02. The van der Waals surface area contributed by atoms with E-state index in [1.165, 1.54) is 12.0 Å². The number of hydrogen-bond acceptors (Lipinski definition) is 3. The van der Waals surface area contributed by atoms with Crippen LogP contribution in [0.2, 0.25) is 0 Å². The van der Waals surface area contributed by atoms with Crippen LogP contribution in [0.3, 0.4) is 0 Å². The highest BCUT2D eigenvalue weighted by molar-refractivity contribution is 5.18. The molecule has 3 nitrogen and oxygen atoms in total. The van der Waals surface area contributed by atoms with Crippen LogP contribution in [0.15, 0.2) is 18.3 Å². The Balaban J connectivity index is 1.88. The summed E-state index contributed by atoms with van der Waals surface area (Å²) < 4.78 is 6.02. The van der Waals surface area contributed by atoms with Gasteiger partial charge in [-0.05, 0) is 43.2 Å². The summed E-state index contributed by atoms with van der Waals surface area (Å²) in [5, 5.41) is 3.30. The minimum absolute atomic E-state index is 0.339. The summed E-state index contributed by atoms with van der Waals surface area (Å²) in [7, 11) is 0. The van der Waals surface area contributed by atoms with Crippen molar-refractivity contribution in [2.75, 3.05) is 6.54 Å². The standard InChI is InChI=1S/C16H26N2O/c1-4-17-10-14-5-6-16(18-11-14)19-15-8-12(2)7-13(3)9-15/h5-6,11-13,15,17H,4,7-10H2,1-3H3. The van der Waals surface area contributed by atoms with Crippen LogP contribution < -0.4 is 10.1 Å². The second-order valence-corrected chi connectivity index (χ2v) is 5.94. The van der Waals surface area contributed by atoms with Crippen molar-refractivity contribution in [1.29, 1.82) is 0 Å². The smallest absolute Gasteiger partial charge is 0.213 e. The van der Waals surface area contributed by atoms with E-state index in [1.807, 2.05) is 12.3 Å². The average molecular weight is 262 g/mol. The van der Waals surface area contributed by atoms with E-state index >= 15 is 0 Å². The van der Waals surface area contributed by atoms with Gasteiger partial charge >= 0.3 is 0 Å². The Kier molecular flexibility index (Phi) is 5.20. The Bertz CT molecular complexity index is 367. The molecule has 0 amide bonds. The van der Waals surface area contributed by atoms with Crippen LogP contribution in [0.4, 0.5) is 0 Å². The van der Waals surface area contributed by atoms with Gasteiger partial charge < -0.3 is 10.1 Å². The fourth-order valence-corrected chi connectivity index (χ4v) is 2.99. The van der Waals surface area contributed by atoms with Crippen molar-refractivity contribution in [3.63, 3.8) is 0 Å². The molecule has 1 N–H and O–H groups in total. The first kappa shape index (κ1) is 14.3. The fourth-order valence-electron chi connectivity index (χ4n) is 2.99. The molecule has 0 aromatic carbocycles. The lowest BCUT2D eigenvalue weighted by atomic mass is 9.82. The molecule has 2 rings (SSSR count). The maximum Gasteiger partial charge on any atom is 0.213 e. The van der Waals surface area contributed by atoms with Crippen LogP contribution in [0.1, 0.15) is 45.6 Å². The van der Waals surface area contributed by atoms with Crippen molar-refractivity contribution in [3.05, 3.63) is 23.9 Å². The second-order valence-electron chi connectivity index (χ2n) is 5.94. The van der Waals surface area contributed by atoms with Crippen molar-refractivity contribution in [3.8, 4) is 5.88 Å². The van der Waals surface area contributed by atoms with Gasteiger partial charge in [-0.15, -0.1) is 0 Å². The van der Waals surface area contributed by atoms with Gasteiger partial charge in [0, 0.05) is 18.8 Å². The number of nitrogens with one attached hydrogen (secondary N) is 1. The predicted molar refractivity (Wildman–Crippen MR) is 78.2 cm³/mol. The molecule has 1 fully saturated rings. The summed E-state index contributed by atoms with van der Waals surface area (Å²) in [4.78, 5) is 4.41. The molecule has 1 aromatic heterocycles. The third-order valence-corrected chi connectivity index (χ3v) is 3.80. The molecule has 1 saturated carbocycles. The molecule has 0 bridgehead atoms. The van der Waals surface area contributed by atoms with Gasteiger partial charge in [0.05, 0.1) is 0 Å². The highest BCUT2D eigenvalue weighted by Crippen LogP contribution is 2.30. The van der Waals surface area contributed by atoms with Gasteiger partial charge in [-0.3, -0.25) is 0 Å². The molecular formula is C16H26N2O. The van der Waals surface area contributed by atoms with Crippen LogP contribution in [0, 0.1) is 11.8 Å². The van der Waals surface area contributed by atoms with E-state index in [0.29, 0.717) is 6.10 Å². The van der Waals surface area contributed by atoms with E-state index in [0.717, 1.165) is 43.6 Å². The van der Waals surface area contributed by atoms with Gasteiger partial charge in [-0.1, -0.05) is 26.8 Å². The SMILES string of the molecule is CCNCc1ccc(OC2CC(C)CC(C)C2)nc1. The molecule has 0 saturated heterocycles. The van der Waals surface area contributed by atoms with Crippen LogP contribution in [0.5, 0.6) is 5.88 Å². The Morgan fingerprint density at radius 2 is 1.95 bits per heavy atom. The number of aromatic nitrogens is 1. The third kappa shape index (κ3) is 4.50. The topological polar surface area (TPSA) is 34.1 Å². The number of ether oxygens (including phenoxy) is 1. The molecule has 1 aliphatic rings. The number of hydrogen-bond donors (Lipinski definition) is 1. The van der Waals surface area contributed by atoms with Crippen LogP contribution in [-0.2, 0) is 6.54 Å². The molecule has 0 aliphatic heterocycles. The first-order chi connectivity index (χ1) is 9.17. The highest BCUT2D eigenvalue weighted by atomic mass is 16.5. The van der Waals surface area contributed by atoms with E-state index < -0.39 is 0 Å². The van der Waals surface area contributed by atoms with Gasteiger partial charge in [-0.2, -0.15) is 0 Å². The molecule has 1 aliphatic carbocycles. The van der Waals surface area contributed by atoms with Crippen molar-refractivity contribution in [2.24, 2.45) is 11.8 Å². The quantitative estimate of drug-likeness (QED) is 0.883. The van der Waals surface area contributed by atoms with Gasteiger partial charge in [-0.25, -0.2) is 4.98 Å². The maximum absolute atomic E-state index is 6.02. The van der Waals surface area contributed by atoms with Crippen LogP contribution in [-0.4, -0.2) is 17.6 Å². The van der Waals surface area contributed by atoms with E-state index in [2.05, 4.69) is 37.1 Å². The van der Waals surface area contributed by atoms with E-state index in [9.17, 15) is 0 Å². The van der Waals surface area contributed by atoms with Crippen molar-refractivity contribution >= 4 is 0 Å². The van der Waals surface area contributed by atoms with Gasteiger partial charge in [0.1, 0.15) is 6.10 Å². The summed E-state index contributed by atoms with van der Waals surface area (Å²) in [6.45, 7) is 8.60. The second kappa shape index (κ2) is 6.90. The predicted octanol–water partition coefficient (Wildman–Crippen LogP) is 3.39. The number of pyridine rings is 1. The van der Waals surface area contributed by atoms with Crippen molar-refractivity contribution in [1.82, 2.24) is 10.3 Å². The van der Waals surface area contributed by atoms with E-state index in [4.69, 9.17) is 4.74 Å². The summed E-state index contributed by atoms with van der Waals surface area (Å²) in [6.07, 6.45) is 5.89. The van der Waals surface area contributed by atoms with Crippen LogP contribution in [0.25, 0.3) is 0 Å². The normalized spacial score (nSPS) is 27.2. The number of nitrogens with zero attached hydrogens (tertiary/aromatic N) is 1. The molecule has 19 heavy (non-hydrogen) atoms. The van der Waals surface area contributed by atoms with Crippen molar-refractivity contribution in [2.45, 2.75) is 52.7 Å². The summed E-state index contributed by atoms with van der Waals surface area (Å²) >= 11 is 0. The Morgan fingerprint density at radius 1 is 1.21 bits per heavy atom. The third-order valence-electron chi connectivity index (χ3n) is 3.80. The van der Waals surface area contributed by atoms with Gasteiger partial charge in [0.2, 0.25) is 5.88 Å². The Hall–Kier alpha value is -1.09. The molecule has 2 atom stereocenters. The largest absolute Gasteiger partial charge is 0.474 e. The monoisotopic (exact) mass is 262 g/mol.